The predicted octanol–water partition coefficient (Wildman–Crippen LogP) is 4.98. The molecule has 0 nitrogen and oxygen atoms in total. The molecule has 0 spiro atoms. The standard InChI is InChI=1S/C19H16IP.HI/c1-15-18(20)13-8-14-19(15)21(16-9-4-2-5-10-16)17-11-6-3-7-12-17;/h2-14H,1H3;1H. The van der Waals surface area contributed by atoms with Crippen LogP contribution in [0.4, 0.5) is 0 Å². The summed E-state index contributed by atoms with van der Waals surface area (Å²) in [5.41, 5.74) is 1.40. The Morgan fingerprint density at radius 3 is 1.68 bits per heavy atom. The van der Waals surface area contributed by atoms with Crippen molar-refractivity contribution in [3.8, 4) is 0 Å². The maximum absolute atomic E-state index is 2.43. The highest BCUT2D eigenvalue weighted by atomic mass is 127. The molecule has 0 atom stereocenters. The second-order valence-corrected chi connectivity index (χ2v) is 8.24. The number of halogens is 2. The molecule has 0 saturated heterocycles. The molecule has 0 fully saturated rings. The third-order valence-corrected chi connectivity index (χ3v) is 7.27. The van der Waals surface area contributed by atoms with Crippen LogP contribution in [0.2, 0.25) is 0 Å². The minimum Gasteiger partial charge on any atom is -0.107 e. The molecule has 0 bridgehead atoms. The van der Waals surface area contributed by atoms with E-state index in [-0.39, 0.29) is 24.0 Å². The first-order valence-corrected chi connectivity index (χ1v) is 9.35. The molecular formula is C19H17I2P. The Balaban J connectivity index is 0.00000176. The van der Waals surface area contributed by atoms with Gasteiger partial charge in [0, 0.05) is 3.57 Å². The molecular weight excluding hydrogens is 513 g/mol. The summed E-state index contributed by atoms with van der Waals surface area (Å²) < 4.78 is 1.34. The maximum Gasteiger partial charge on any atom is 0.0166 e. The number of hydrogen-bond donors (Lipinski definition) is 0. The molecule has 112 valence electrons. The lowest BCUT2D eigenvalue weighted by atomic mass is 10.2. The summed E-state index contributed by atoms with van der Waals surface area (Å²) in [5.74, 6) is 0. The highest BCUT2D eigenvalue weighted by molar-refractivity contribution is 14.1. The minimum atomic E-state index is -0.488. The molecule has 0 aliphatic rings. The average Bonchev–Trinajstić information content (AvgIpc) is 2.54. The average molecular weight is 530 g/mol. The fraction of sp³-hybridized carbons (Fsp3) is 0.0526. The van der Waals surface area contributed by atoms with E-state index in [1.807, 2.05) is 0 Å². The van der Waals surface area contributed by atoms with Gasteiger partial charge in [-0.2, -0.15) is 0 Å². The molecule has 0 N–H and O–H groups in total. The Bertz CT molecular complexity index is 687. The van der Waals surface area contributed by atoms with E-state index in [0.29, 0.717) is 0 Å². The first-order chi connectivity index (χ1) is 10.3. The van der Waals surface area contributed by atoms with Crippen LogP contribution in [-0.4, -0.2) is 0 Å². The maximum atomic E-state index is 2.43. The van der Waals surface area contributed by atoms with Gasteiger partial charge in [0.1, 0.15) is 0 Å². The van der Waals surface area contributed by atoms with Gasteiger partial charge in [-0.05, 0) is 65.0 Å². The summed E-state index contributed by atoms with van der Waals surface area (Å²) in [4.78, 5) is 0. The van der Waals surface area contributed by atoms with Crippen LogP contribution in [0.15, 0.2) is 78.9 Å². The molecule has 0 aromatic heterocycles. The lowest BCUT2D eigenvalue weighted by molar-refractivity contribution is 1.47. The van der Waals surface area contributed by atoms with Gasteiger partial charge in [-0.25, -0.2) is 0 Å². The summed E-state index contributed by atoms with van der Waals surface area (Å²) in [6.07, 6.45) is 0. The van der Waals surface area contributed by atoms with Gasteiger partial charge in [0.2, 0.25) is 0 Å². The van der Waals surface area contributed by atoms with Crippen molar-refractivity contribution in [2.75, 3.05) is 0 Å². The molecule has 3 rings (SSSR count). The van der Waals surface area contributed by atoms with Gasteiger partial charge in [0.15, 0.2) is 0 Å². The largest absolute Gasteiger partial charge is 0.107 e. The van der Waals surface area contributed by atoms with Crippen molar-refractivity contribution >= 4 is 70.4 Å². The minimum absolute atomic E-state index is 0. The van der Waals surface area contributed by atoms with Crippen molar-refractivity contribution in [2.45, 2.75) is 6.92 Å². The monoisotopic (exact) mass is 530 g/mol. The third kappa shape index (κ3) is 3.90. The van der Waals surface area contributed by atoms with Gasteiger partial charge < -0.3 is 0 Å². The van der Waals surface area contributed by atoms with Crippen molar-refractivity contribution in [2.24, 2.45) is 0 Å². The Labute approximate surface area is 164 Å². The zero-order valence-corrected chi connectivity index (χ0v) is 17.6. The van der Waals surface area contributed by atoms with Gasteiger partial charge in [-0.3, -0.25) is 0 Å². The normalized spacial score (nSPS) is 10.3. The van der Waals surface area contributed by atoms with Crippen LogP contribution >= 0.6 is 54.5 Å². The molecule has 0 aliphatic carbocycles. The molecule has 0 heterocycles. The highest BCUT2D eigenvalue weighted by Gasteiger charge is 2.18. The molecule has 3 aromatic rings. The summed E-state index contributed by atoms with van der Waals surface area (Å²) in [7, 11) is -0.488. The second-order valence-electron chi connectivity index (χ2n) is 4.89. The lowest BCUT2D eigenvalue weighted by Gasteiger charge is -2.21. The van der Waals surface area contributed by atoms with Crippen LogP contribution in [0.5, 0.6) is 0 Å². The molecule has 0 amide bonds. The van der Waals surface area contributed by atoms with E-state index in [2.05, 4.69) is 108 Å². The highest BCUT2D eigenvalue weighted by Crippen LogP contribution is 2.34. The third-order valence-electron chi connectivity index (χ3n) is 3.51. The number of rotatable bonds is 3. The molecule has 0 radical (unpaired) electrons. The number of benzene rings is 3. The van der Waals surface area contributed by atoms with Crippen LogP contribution in [0, 0.1) is 10.5 Å². The Morgan fingerprint density at radius 1 is 0.682 bits per heavy atom. The van der Waals surface area contributed by atoms with Crippen LogP contribution in [-0.2, 0) is 0 Å². The predicted molar refractivity (Wildman–Crippen MR) is 118 cm³/mol. The van der Waals surface area contributed by atoms with Gasteiger partial charge in [0.05, 0.1) is 0 Å². The van der Waals surface area contributed by atoms with Crippen molar-refractivity contribution in [1.82, 2.24) is 0 Å². The van der Waals surface area contributed by atoms with E-state index in [1.54, 1.807) is 0 Å². The van der Waals surface area contributed by atoms with Crippen molar-refractivity contribution in [3.05, 3.63) is 88.0 Å². The smallest absolute Gasteiger partial charge is 0.0166 e. The quantitative estimate of drug-likeness (QED) is 0.332. The topological polar surface area (TPSA) is 0 Å². The SMILES string of the molecule is Cc1c(I)cccc1P(c1ccccc1)c1ccccc1.I. The van der Waals surface area contributed by atoms with E-state index in [9.17, 15) is 0 Å². The van der Waals surface area contributed by atoms with E-state index >= 15 is 0 Å². The first kappa shape index (κ1) is 17.9. The van der Waals surface area contributed by atoms with Crippen LogP contribution in [0.25, 0.3) is 0 Å². The van der Waals surface area contributed by atoms with Crippen LogP contribution in [0.3, 0.4) is 0 Å². The van der Waals surface area contributed by atoms with Crippen molar-refractivity contribution in [1.29, 1.82) is 0 Å². The fourth-order valence-corrected chi connectivity index (χ4v) is 5.62. The molecule has 0 saturated carbocycles. The fourth-order valence-electron chi connectivity index (χ4n) is 2.42. The van der Waals surface area contributed by atoms with Gasteiger partial charge in [0.25, 0.3) is 0 Å². The van der Waals surface area contributed by atoms with Gasteiger partial charge >= 0.3 is 0 Å². The van der Waals surface area contributed by atoms with E-state index in [0.717, 1.165) is 0 Å². The summed E-state index contributed by atoms with van der Waals surface area (Å²) in [5, 5.41) is 4.27. The van der Waals surface area contributed by atoms with Crippen LogP contribution in [0.1, 0.15) is 5.56 Å². The molecule has 3 aromatic carbocycles. The van der Waals surface area contributed by atoms with Crippen molar-refractivity contribution in [3.63, 3.8) is 0 Å². The molecule has 22 heavy (non-hydrogen) atoms. The molecule has 0 aliphatic heterocycles. The second kappa shape index (κ2) is 8.42. The van der Waals surface area contributed by atoms with E-state index in [4.69, 9.17) is 0 Å². The summed E-state index contributed by atoms with van der Waals surface area (Å²) in [6.45, 7) is 2.23. The molecule has 3 heteroatoms. The zero-order valence-electron chi connectivity index (χ0n) is 12.2. The Morgan fingerprint density at radius 2 is 1.18 bits per heavy atom. The van der Waals surface area contributed by atoms with Crippen molar-refractivity contribution < 1.29 is 0 Å². The Hall–Kier alpha value is -0.450. The van der Waals surface area contributed by atoms with Crippen LogP contribution < -0.4 is 15.9 Å². The lowest BCUT2D eigenvalue weighted by Crippen LogP contribution is -2.22. The van der Waals surface area contributed by atoms with E-state index < -0.39 is 7.92 Å². The first-order valence-electron chi connectivity index (χ1n) is 6.93. The number of hydrogen-bond acceptors (Lipinski definition) is 0. The summed E-state index contributed by atoms with van der Waals surface area (Å²) >= 11 is 2.43. The van der Waals surface area contributed by atoms with E-state index in [1.165, 1.54) is 25.0 Å². The van der Waals surface area contributed by atoms with Gasteiger partial charge in [-0.1, -0.05) is 72.8 Å². The Kier molecular flexibility index (Phi) is 6.85. The summed E-state index contributed by atoms with van der Waals surface area (Å²) in [6, 6.07) is 28.3. The molecule has 0 unspecified atom stereocenters. The van der Waals surface area contributed by atoms with Gasteiger partial charge in [-0.15, -0.1) is 24.0 Å². The zero-order chi connectivity index (χ0) is 14.7.